The van der Waals surface area contributed by atoms with Crippen LogP contribution in [0.1, 0.15) is 69.1 Å². The number of alkyl halides is 2. The molecule has 0 bridgehead atoms. The zero-order valence-corrected chi connectivity index (χ0v) is 19.4. The largest absolute Gasteiger partial charge is 0.427 e. The van der Waals surface area contributed by atoms with E-state index in [1.807, 2.05) is 18.2 Å². The molecule has 1 aliphatic rings. The van der Waals surface area contributed by atoms with Crippen LogP contribution < -0.4 is 4.74 Å². The van der Waals surface area contributed by atoms with Crippen LogP contribution in [-0.2, 0) is 19.0 Å². The van der Waals surface area contributed by atoms with Crippen LogP contribution in [-0.4, -0.2) is 0 Å². The molecule has 0 spiro atoms. The Morgan fingerprint density at radius 3 is 2.15 bits per heavy atom. The topological polar surface area (TPSA) is 9.23 Å². The molecule has 0 aromatic heterocycles. The fraction of sp³-hybridized carbons (Fsp3) is 0.379. The molecule has 0 atom stereocenters. The molecule has 0 saturated carbocycles. The summed E-state index contributed by atoms with van der Waals surface area (Å²) in [7, 11) is 0. The maximum absolute atomic E-state index is 14.9. The van der Waals surface area contributed by atoms with E-state index in [1.165, 1.54) is 50.2 Å². The number of fused-ring (bicyclic) bond motifs is 3. The van der Waals surface area contributed by atoms with Crippen molar-refractivity contribution in [2.45, 2.75) is 71.3 Å². The summed E-state index contributed by atoms with van der Waals surface area (Å²) in [4.78, 5) is 0. The molecule has 0 N–H and O–H groups in total. The van der Waals surface area contributed by atoms with E-state index in [1.54, 1.807) is 25.1 Å². The Bertz CT molecular complexity index is 1100. The number of ether oxygens (including phenoxy) is 1. The lowest BCUT2D eigenvalue weighted by Gasteiger charge is -2.29. The third kappa shape index (κ3) is 4.95. The highest BCUT2D eigenvalue weighted by molar-refractivity contribution is 5.80. The van der Waals surface area contributed by atoms with E-state index >= 15 is 0 Å². The molecule has 1 aliphatic heterocycles. The molecule has 0 radical (unpaired) electrons. The van der Waals surface area contributed by atoms with Crippen molar-refractivity contribution in [1.29, 1.82) is 0 Å². The van der Waals surface area contributed by atoms with Crippen molar-refractivity contribution in [2.24, 2.45) is 0 Å². The lowest BCUT2D eigenvalue weighted by molar-refractivity contribution is -0.188. The van der Waals surface area contributed by atoms with E-state index in [2.05, 4.69) is 19.1 Å². The highest BCUT2D eigenvalue weighted by atomic mass is 19.3. The summed E-state index contributed by atoms with van der Waals surface area (Å²) in [6.07, 6.45) is 5.40. The van der Waals surface area contributed by atoms with Crippen LogP contribution in [0, 0.1) is 5.82 Å². The van der Waals surface area contributed by atoms with E-state index in [9.17, 15) is 13.2 Å². The zero-order valence-electron chi connectivity index (χ0n) is 19.4. The molecular formula is C29H31F3O. The molecule has 4 heteroatoms. The first-order valence-electron chi connectivity index (χ1n) is 12.1. The van der Waals surface area contributed by atoms with Crippen molar-refractivity contribution in [3.63, 3.8) is 0 Å². The van der Waals surface area contributed by atoms with Crippen molar-refractivity contribution >= 4 is 0 Å². The highest BCUT2D eigenvalue weighted by Gasteiger charge is 2.43. The number of hydrogen-bond donors (Lipinski definition) is 0. The Morgan fingerprint density at radius 2 is 1.42 bits per heavy atom. The molecule has 3 aromatic carbocycles. The van der Waals surface area contributed by atoms with Crippen molar-refractivity contribution < 1.29 is 17.9 Å². The second-order valence-corrected chi connectivity index (χ2v) is 8.86. The van der Waals surface area contributed by atoms with Gasteiger partial charge in [0.1, 0.15) is 0 Å². The maximum Gasteiger partial charge on any atom is 0.427 e. The van der Waals surface area contributed by atoms with Gasteiger partial charge in [0.05, 0.1) is 5.56 Å². The van der Waals surface area contributed by atoms with Crippen LogP contribution in [0.3, 0.4) is 0 Å². The van der Waals surface area contributed by atoms with Gasteiger partial charge in [-0.15, -0.1) is 0 Å². The lowest BCUT2D eigenvalue weighted by atomic mass is 9.91. The number of aryl methyl sites for hydroxylation is 2. The summed E-state index contributed by atoms with van der Waals surface area (Å²) >= 11 is 0. The minimum atomic E-state index is -3.59. The predicted octanol–water partition coefficient (Wildman–Crippen LogP) is 9.07. The summed E-state index contributed by atoms with van der Waals surface area (Å²) in [5.74, 6) is -1.07. The molecule has 0 unspecified atom stereocenters. The van der Waals surface area contributed by atoms with Gasteiger partial charge in [-0.25, -0.2) is 4.39 Å². The maximum atomic E-state index is 14.9. The summed E-state index contributed by atoms with van der Waals surface area (Å²) in [5, 5.41) is 0. The van der Waals surface area contributed by atoms with Gasteiger partial charge in [0.2, 0.25) is 0 Å². The lowest BCUT2D eigenvalue weighted by Crippen LogP contribution is -2.27. The predicted molar refractivity (Wildman–Crippen MR) is 128 cm³/mol. The molecule has 3 aromatic rings. The average Bonchev–Trinajstić information content (AvgIpc) is 2.82. The highest BCUT2D eigenvalue weighted by Crippen LogP contribution is 2.49. The van der Waals surface area contributed by atoms with Crippen molar-refractivity contribution in [3.8, 4) is 28.0 Å². The smallest absolute Gasteiger partial charge is 0.425 e. The number of unbranched alkanes of at least 4 members (excludes halogenated alkanes) is 5. The molecule has 4 rings (SSSR count). The molecule has 33 heavy (non-hydrogen) atoms. The van der Waals surface area contributed by atoms with Gasteiger partial charge >= 0.3 is 6.11 Å². The standard InChI is InChI=1S/C29H31F3O/c1-3-5-6-7-8-9-10-20-11-13-22(14-12-20)23-16-17-24-25-18-15-21(4-2)27(30)28(25)33-29(31,32)26(24)19-23/h11-19H,3-10H2,1-2H3. The molecular weight excluding hydrogens is 421 g/mol. The van der Waals surface area contributed by atoms with Gasteiger partial charge in [0, 0.05) is 5.56 Å². The van der Waals surface area contributed by atoms with E-state index in [0.29, 0.717) is 28.7 Å². The van der Waals surface area contributed by atoms with Crippen molar-refractivity contribution in [1.82, 2.24) is 0 Å². The Hall–Kier alpha value is -2.75. The van der Waals surface area contributed by atoms with Crippen LogP contribution in [0.15, 0.2) is 54.6 Å². The molecule has 1 nitrogen and oxygen atoms in total. The molecule has 0 saturated heterocycles. The van der Waals surface area contributed by atoms with Gasteiger partial charge in [-0.05, 0) is 53.1 Å². The Balaban J connectivity index is 1.54. The van der Waals surface area contributed by atoms with E-state index < -0.39 is 11.9 Å². The van der Waals surface area contributed by atoms with Gasteiger partial charge in [-0.1, -0.05) is 94.5 Å². The van der Waals surface area contributed by atoms with E-state index in [0.717, 1.165) is 12.0 Å². The van der Waals surface area contributed by atoms with E-state index in [4.69, 9.17) is 4.74 Å². The summed E-state index contributed by atoms with van der Waals surface area (Å²) in [5.41, 5.74) is 3.64. The third-order valence-corrected chi connectivity index (χ3v) is 6.52. The molecule has 0 amide bonds. The van der Waals surface area contributed by atoms with Crippen molar-refractivity contribution in [3.05, 3.63) is 77.1 Å². The first kappa shape index (κ1) is 23.4. The van der Waals surface area contributed by atoms with Gasteiger partial charge in [0.25, 0.3) is 0 Å². The normalized spacial score (nSPS) is 13.8. The van der Waals surface area contributed by atoms with Gasteiger partial charge in [-0.2, -0.15) is 8.78 Å². The minimum absolute atomic E-state index is 0.229. The monoisotopic (exact) mass is 452 g/mol. The molecule has 0 fully saturated rings. The first-order valence-corrected chi connectivity index (χ1v) is 12.1. The van der Waals surface area contributed by atoms with Gasteiger partial charge in [-0.3, -0.25) is 0 Å². The second-order valence-electron chi connectivity index (χ2n) is 8.86. The molecule has 174 valence electrons. The van der Waals surface area contributed by atoms with Gasteiger partial charge in [0.15, 0.2) is 11.6 Å². The second kappa shape index (κ2) is 10.0. The number of rotatable bonds is 9. The summed E-state index contributed by atoms with van der Waals surface area (Å²) in [6.45, 7) is 4.00. The van der Waals surface area contributed by atoms with Crippen LogP contribution in [0.2, 0.25) is 0 Å². The average molecular weight is 453 g/mol. The fourth-order valence-electron chi connectivity index (χ4n) is 4.54. The fourth-order valence-corrected chi connectivity index (χ4v) is 4.54. The zero-order chi connectivity index (χ0) is 23.4. The van der Waals surface area contributed by atoms with Crippen LogP contribution in [0.4, 0.5) is 13.2 Å². The van der Waals surface area contributed by atoms with Crippen molar-refractivity contribution in [2.75, 3.05) is 0 Å². The quantitative estimate of drug-likeness (QED) is 0.294. The Labute approximate surface area is 194 Å². The van der Waals surface area contributed by atoms with Crippen LogP contribution in [0.5, 0.6) is 5.75 Å². The summed E-state index contributed by atoms with van der Waals surface area (Å²) < 4.78 is 49.4. The number of halogens is 3. The Morgan fingerprint density at radius 1 is 0.758 bits per heavy atom. The Kier molecular flexibility index (Phi) is 7.11. The third-order valence-electron chi connectivity index (χ3n) is 6.52. The van der Waals surface area contributed by atoms with Crippen LogP contribution >= 0.6 is 0 Å². The molecule has 1 heterocycles. The number of hydrogen-bond acceptors (Lipinski definition) is 1. The van der Waals surface area contributed by atoms with Gasteiger partial charge < -0.3 is 4.74 Å². The summed E-state index contributed by atoms with van der Waals surface area (Å²) in [6, 6.07) is 16.4. The SMILES string of the molecule is CCCCCCCCc1ccc(-c2ccc3c(c2)C(F)(F)Oc2c-3ccc(CC)c2F)cc1. The molecule has 0 aliphatic carbocycles. The van der Waals surface area contributed by atoms with E-state index in [-0.39, 0.29) is 11.3 Å². The minimum Gasteiger partial charge on any atom is -0.425 e. The van der Waals surface area contributed by atoms with Crippen LogP contribution in [0.25, 0.3) is 22.3 Å². The number of benzene rings is 3. The first-order chi connectivity index (χ1) is 15.9.